The molecule has 3 heterocycles. The molecule has 2 aromatic heterocycles. The van der Waals surface area contributed by atoms with Crippen LogP contribution in [0.4, 0.5) is 6.01 Å². The van der Waals surface area contributed by atoms with Crippen LogP contribution in [0, 0.1) is 0 Å². The second-order valence-electron chi connectivity index (χ2n) is 7.39. The quantitative estimate of drug-likeness (QED) is 0.633. The van der Waals surface area contributed by atoms with Gasteiger partial charge in [0.15, 0.2) is 0 Å². The molecule has 29 heavy (non-hydrogen) atoms. The standard InChI is InChI=1S/C22H26N4O2S/c27-20(16-18-11-8-14-29-18)23-19(15-17-9-4-3-5-10-17)21-24-25-22(28-21)26-12-6-1-2-7-13-26/h3-5,8-11,14,19H,1-2,6-7,12-13,15-16H2,(H,23,27)/t19-/m1/s1. The predicted octanol–water partition coefficient (Wildman–Crippen LogP) is 4.15. The Balaban J connectivity index is 1.50. The van der Waals surface area contributed by atoms with Gasteiger partial charge in [0.25, 0.3) is 0 Å². The molecule has 3 aromatic rings. The van der Waals surface area contributed by atoms with Gasteiger partial charge in [0.2, 0.25) is 11.8 Å². The van der Waals surface area contributed by atoms with Crippen LogP contribution in [-0.4, -0.2) is 29.2 Å². The molecule has 1 fully saturated rings. The van der Waals surface area contributed by atoms with Crippen LogP contribution in [0.1, 0.15) is 48.1 Å². The van der Waals surface area contributed by atoms with Crippen molar-refractivity contribution < 1.29 is 9.21 Å². The lowest BCUT2D eigenvalue weighted by Crippen LogP contribution is -2.31. The molecule has 0 bridgehead atoms. The minimum atomic E-state index is -0.349. The van der Waals surface area contributed by atoms with Gasteiger partial charge in [-0.25, -0.2) is 0 Å². The first-order chi connectivity index (χ1) is 14.3. The summed E-state index contributed by atoms with van der Waals surface area (Å²) >= 11 is 1.58. The molecule has 152 valence electrons. The predicted molar refractivity (Wildman–Crippen MR) is 114 cm³/mol. The first kappa shape index (κ1) is 19.6. The van der Waals surface area contributed by atoms with Gasteiger partial charge in [-0.3, -0.25) is 4.79 Å². The van der Waals surface area contributed by atoms with Gasteiger partial charge in [-0.1, -0.05) is 54.3 Å². The summed E-state index contributed by atoms with van der Waals surface area (Å²) in [6.45, 7) is 1.88. The zero-order chi connectivity index (χ0) is 19.9. The van der Waals surface area contributed by atoms with E-state index >= 15 is 0 Å². The number of nitrogens with zero attached hydrogens (tertiary/aromatic N) is 3. The minimum Gasteiger partial charge on any atom is -0.406 e. The molecule has 7 heteroatoms. The summed E-state index contributed by atoms with van der Waals surface area (Å²) in [5, 5.41) is 13.7. The van der Waals surface area contributed by atoms with Crippen molar-refractivity contribution in [2.24, 2.45) is 0 Å². The highest BCUT2D eigenvalue weighted by molar-refractivity contribution is 7.10. The average molecular weight is 411 g/mol. The number of hydrogen-bond donors (Lipinski definition) is 1. The maximum Gasteiger partial charge on any atom is 0.318 e. The highest BCUT2D eigenvalue weighted by Gasteiger charge is 2.24. The third-order valence-electron chi connectivity index (χ3n) is 5.14. The van der Waals surface area contributed by atoms with Gasteiger partial charge in [-0.05, 0) is 29.9 Å². The van der Waals surface area contributed by atoms with E-state index in [-0.39, 0.29) is 11.9 Å². The van der Waals surface area contributed by atoms with E-state index in [1.807, 2.05) is 47.8 Å². The van der Waals surface area contributed by atoms with E-state index in [0.29, 0.717) is 24.7 Å². The fourth-order valence-electron chi connectivity index (χ4n) is 3.62. The average Bonchev–Trinajstić information content (AvgIpc) is 3.35. The fraction of sp³-hybridized carbons (Fsp3) is 0.409. The largest absolute Gasteiger partial charge is 0.406 e. The molecular formula is C22H26N4O2S. The van der Waals surface area contributed by atoms with Crippen LogP contribution in [0.5, 0.6) is 0 Å². The van der Waals surface area contributed by atoms with Crippen molar-refractivity contribution in [2.45, 2.75) is 44.6 Å². The zero-order valence-electron chi connectivity index (χ0n) is 16.4. The molecular weight excluding hydrogens is 384 g/mol. The second kappa shape index (κ2) is 9.69. The fourth-order valence-corrected chi connectivity index (χ4v) is 4.33. The van der Waals surface area contributed by atoms with E-state index in [9.17, 15) is 4.79 Å². The second-order valence-corrected chi connectivity index (χ2v) is 8.42. The molecule has 1 atom stereocenters. The number of carbonyl (C=O) groups excluding carboxylic acids is 1. The molecule has 6 nitrogen and oxygen atoms in total. The van der Waals surface area contributed by atoms with Crippen molar-refractivity contribution in [1.29, 1.82) is 0 Å². The van der Waals surface area contributed by atoms with Gasteiger partial charge < -0.3 is 14.6 Å². The Morgan fingerprint density at radius 3 is 2.59 bits per heavy atom. The highest BCUT2D eigenvalue weighted by atomic mass is 32.1. The van der Waals surface area contributed by atoms with E-state index in [1.165, 1.54) is 12.8 Å². The van der Waals surface area contributed by atoms with Gasteiger partial charge in [0.05, 0.1) is 6.42 Å². The maximum absolute atomic E-state index is 12.6. The third kappa shape index (κ3) is 5.44. The Kier molecular flexibility index (Phi) is 6.56. The van der Waals surface area contributed by atoms with Crippen LogP contribution in [0.15, 0.2) is 52.3 Å². The summed E-state index contributed by atoms with van der Waals surface area (Å²) in [5.41, 5.74) is 1.11. The number of hydrogen-bond acceptors (Lipinski definition) is 6. The Morgan fingerprint density at radius 1 is 1.07 bits per heavy atom. The summed E-state index contributed by atoms with van der Waals surface area (Å²) in [7, 11) is 0. The molecule has 4 rings (SSSR count). The van der Waals surface area contributed by atoms with E-state index in [0.717, 1.165) is 36.4 Å². The van der Waals surface area contributed by atoms with Crippen molar-refractivity contribution in [1.82, 2.24) is 15.5 Å². The first-order valence-electron chi connectivity index (χ1n) is 10.2. The van der Waals surface area contributed by atoms with Crippen LogP contribution >= 0.6 is 11.3 Å². The van der Waals surface area contributed by atoms with Crippen LogP contribution in [0.25, 0.3) is 0 Å². The van der Waals surface area contributed by atoms with Crippen molar-refractivity contribution in [3.63, 3.8) is 0 Å². The highest BCUT2D eigenvalue weighted by Crippen LogP contribution is 2.23. The Morgan fingerprint density at radius 2 is 1.86 bits per heavy atom. The molecule has 1 aromatic carbocycles. The number of amides is 1. The van der Waals surface area contributed by atoms with E-state index in [4.69, 9.17) is 4.42 Å². The topological polar surface area (TPSA) is 71.3 Å². The van der Waals surface area contributed by atoms with Crippen LogP contribution in [0.2, 0.25) is 0 Å². The molecule has 1 N–H and O–H groups in total. The summed E-state index contributed by atoms with van der Waals surface area (Å²) in [6, 6.07) is 14.2. The van der Waals surface area contributed by atoms with Gasteiger partial charge in [-0.15, -0.1) is 16.4 Å². The lowest BCUT2D eigenvalue weighted by molar-refractivity contribution is -0.121. The third-order valence-corrected chi connectivity index (χ3v) is 6.01. The lowest BCUT2D eigenvalue weighted by Gasteiger charge is -2.18. The number of carbonyl (C=O) groups is 1. The molecule has 1 aliphatic heterocycles. The van der Waals surface area contributed by atoms with E-state index in [2.05, 4.69) is 20.4 Å². The Bertz CT molecular complexity index is 887. The molecule has 1 saturated heterocycles. The molecule has 1 amide bonds. The first-order valence-corrected chi connectivity index (χ1v) is 11.1. The maximum atomic E-state index is 12.6. The minimum absolute atomic E-state index is 0.0390. The molecule has 1 aliphatic rings. The van der Waals surface area contributed by atoms with Crippen molar-refractivity contribution in [2.75, 3.05) is 18.0 Å². The summed E-state index contributed by atoms with van der Waals surface area (Å²) in [5.74, 6) is 0.426. The molecule has 0 aliphatic carbocycles. The Labute approximate surface area is 175 Å². The molecule has 0 unspecified atom stereocenters. The van der Waals surface area contributed by atoms with E-state index < -0.39 is 0 Å². The smallest absolute Gasteiger partial charge is 0.318 e. The molecule has 0 saturated carbocycles. The number of nitrogens with one attached hydrogen (secondary N) is 1. The lowest BCUT2D eigenvalue weighted by atomic mass is 10.1. The van der Waals surface area contributed by atoms with Gasteiger partial charge >= 0.3 is 6.01 Å². The zero-order valence-corrected chi connectivity index (χ0v) is 17.2. The summed E-state index contributed by atoms with van der Waals surface area (Å²) in [6.07, 6.45) is 5.74. The van der Waals surface area contributed by atoms with Gasteiger partial charge in [0.1, 0.15) is 6.04 Å². The number of anilines is 1. The van der Waals surface area contributed by atoms with Crippen molar-refractivity contribution in [3.8, 4) is 0 Å². The van der Waals surface area contributed by atoms with Crippen molar-refractivity contribution in [3.05, 3.63) is 64.2 Å². The number of thiophene rings is 1. The van der Waals surface area contributed by atoms with Gasteiger partial charge in [-0.2, -0.15) is 0 Å². The van der Waals surface area contributed by atoms with E-state index in [1.54, 1.807) is 11.3 Å². The normalized spacial score (nSPS) is 15.7. The number of aromatic nitrogens is 2. The van der Waals surface area contributed by atoms with Crippen LogP contribution in [0.3, 0.4) is 0 Å². The number of rotatable bonds is 7. The van der Waals surface area contributed by atoms with Crippen LogP contribution in [-0.2, 0) is 17.6 Å². The molecule has 0 spiro atoms. The van der Waals surface area contributed by atoms with Crippen molar-refractivity contribution >= 4 is 23.3 Å². The van der Waals surface area contributed by atoms with Gasteiger partial charge in [0, 0.05) is 24.4 Å². The summed E-state index contributed by atoms with van der Waals surface area (Å²) in [4.78, 5) is 15.8. The molecule has 0 radical (unpaired) electrons. The monoisotopic (exact) mass is 410 g/mol. The summed E-state index contributed by atoms with van der Waals surface area (Å²) < 4.78 is 6.04. The van der Waals surface area contributed by atoms with Crippen LogP contribution < -0.4 is 10.2 Å². The Hall–Kier alpha value is -2.67. The number of benzene rings is 1. The SMILES string of the molecule is O=C(Cc1cccs1)N[C@H](Cc1ccccc1)c1nnc(N2CCCCCC2)o1.